The molecule has 2 aromatic rings. The van der Waals surface area contributed by atoms with Crippen LogP contribution in [0.15, 0.2) is 24.5 Å². The summed E-state index contributed by atoms with van der Waals surface area (Å²) in [5, 5.41) is 1.86. The van der Waals surface area contributed by atoms with Crippen LogP contribution in [-0.4, -0.2) is 30.5 Å². The molecular weight excluding hydrogens is 324 g/mol. The average Bonchev–Trinajstić information content (AvgIpc) is 2.27. The molecule has 0 aliphatic rings. The van der Waals surface area contributed by atoms with Crippen LogP contribution in [0.25, 0.3) is 10.8 Å². The monoisotopic (exact) mass is 341 g/mol. The molecular formula is C13H16FNOSn. The second-order valence-corrected chi connectivity index (χ2v) is 19.5. The van der Waals surface area contributed by atoms with Gasteiger partial charge in [-0.25, -0.2) is 0 Å². The molecule has 2 nitrogen and oxygen atoms in total. The van der Waals surface area contributed by atoms with E-state index in [-0.39, 0.29) is 5.82 Å². The third kappa shape index (κ3) is 2.25. The predicted octanol–water partition coefficient (Wildman–Crippen LogP) is 2.93. The van der Waals surface area contributed by atoms with Crippen molar-refractivity contribution in [1.29, 1.82) is 0 Å². The van der Waals surface area contributed by atoms with Gasteiger partial charge in [0.1, 0.15) is 0 Å². The number of nitrogens with zero attached hydrogens (tertiary/aromatic N) is 1. The van der Waals surface area contributed by atoms with Gasteiger partial charge in [-0.3, -0.25) is 0 Å². The molecule has 0 bridgehead atoms. The fourth-order valence-corrected chi connectivity index (χ4v) is 6.18. The van der Waals surface area contributed by atoms with Crippen molar-refractivity contribution in [1.82, 2.24) is 4.98 Å². The van der Waals surface area contributed by atoms with Crippen molar-refractivity contribution >= 4 is 32.7 Å². The summed E-state index contributed by atoms with van der Waals surface area (Å²) in [6.07, 6.45) is 3.64. The van der Waals surface area contributed by atoms with Gasteiger partial charge in [0.2, 0.25) is 0 Å². The number of benzene rings is 1. The fraction of sp³-hybridized carbons (Fsp3) is 0.308. The van der Waals surface area contributed by atoms with Crippen LogP contribution in [0, 0.1) is 5.82 Å². The van der Waals surface area contributed by atoms with Gasteiger partial charge < -0.3 is 0 Å². The van der Waals surface area contributed by atoms with Crippen LogP contribution in [0.5, 0.6) is 5.75 Å². The first kappa shape index (κ1) is 12.6. The molecule has 0 saturated heterocycles. The number of rotatable bonds is 2. The number of methoxy groups -OCH3 is 1. The fourth-order valence-electron chi connectivity index (χ4n) is 1.98. The Morgan fingerprint density at radius 2 is 1.88 bits per heavy atom. The molecule has 0 radical (unpaired) electrons. The van der Waals surface area contributed by atoms with E-state index in [1.54, 1.807) is 12.3 Å². The average molecular weight is 340 g/mol. The van der Waals surface area contributed by atoms with Crippen molar-refractivity contribution in [3.63, 3.8) is 0 Å². The van der Waals surface area contributed by atoms with E-state index in [2.05, 4.69) is 19.8 Å². The van der Waals surface area contributed by atoms with Crippen LogP contribution in [0.4, 0.5) is 4.39 Å². The van der Waals surface area contributed by atoms with Gasteiger partial charge in [0.25, 0.3) is 0 Å². The van der Waals surface area contributed by atoms with Gasteiger partial charge in [-0.15, -0.1) is 0 Å². The van der Waals surface area contributed by atoms with E-state index in [1.807, 2.05) is 6.20 Å². The summed E-state index contributed by atoms with van der Waals surface area (Å²) in [5.74, 6) is 0.0505. The molecule has 0 unspecified atom stereocenters. The zero-order chi connectivity index (χ0) is 12.6. The summed E-state index contributed by atoms with van der Waals surface area (Å²) in [6, 6.07) is 3.20. The Labute approximate surface area is 105 Å². The quantitative estimate of drug-likeness (QED) is 0.785. The molecule has 2 rings (SSSR count). The van der Waals surface area contributed by atoms with Crippen LogP contribution in [0.3, 0.4) is 0 Å². The molecule has 0 aliphatic heterocycles. The van der Waals surface area contributed by atoms with Gasteiger partial charge in [0.15, 0.2) is 0 Å². The number of fused-ring (bicyclic) bond motifs is 1. The van der Waals surface area contributed by atoms with E-state index in [0.717, 1.165) is 10.8 Å². The second kappa shape index (κ2) is 4.44. The SMILES string of the molecule is COc1c(F)ccc2cnc[c]([Sn]([CH3])([CH3])[CH3])c12. The Bertz CT molecular complexity index is 563. The van der Waals surface area contributed by atoms with Crippen molar-refractivity contribution in [3.8, 4) is 5.75 Å². The van der Waals surface area contributed by atoms with Crippen molar-refractivity contribution in [3.05, 3.63) is 30.3 Å². The molecule has 0 amide bonds. The topological polar surface area (TPSA) is 22.1 Å². The Hall–Kier alpha value is -0.841. The first-order valence-electron chi connectivity index (χ1n) is 5.56. The Kier molecular flexibility index (Phi) is 3.29. The van der Waals surface area contributed by atoms with E-state index >= 15 is 0 Å². The number of hydrogen-bond donors (Lipinski definition) is 0. The normalized spacial score (nSPS) is 11.8. The number of pyridine rings is 1. The standard InChI is InChI=1S/C10H7FNO.3CH3.Sn/c1-13-10-8-4-5-12-6-7(8)2-3-9(10)11;;;;/h2-3,5-6H,1H3;3*1H3;. The Morgan fingerprint density at radius 1 is 1.18 bits per heavy atom. The van der Waals surface area contributed by atoms with Gasteiger partial charge in [-0.05, 0) is 0 Å². The molecule has 0 atom stereocenters. The van der Waals surface area contributed by atoms with E-state index in [0.29, 0.717) is 5.75 Å². The molecule has 1 heterocycles. The summed E-state index contributed by atoms with van der Waals surface area (Å²) >= 11 is -2.33. The van der Waals surface area contributed by atoms with Gasteiger partial charge in [-0.1, -0.05) is 0 Å². The van der Waals surface area contributed by atoms with E-state index < -0.39 is 18.4 Å². The Morgan fingerprint density at radius 3 is 2.47 bits per heavy atom. The molecule has 17 heavy (non-hydrogen) atoms. The molecule has 1 aromatic heterocycles. The Balaban J connectivity index is 2.90. The predicted molar refractivity (Wildman–Crippen MR) is 71.2 cm³/mol. The van der Waals surface area contributed by atoms with Crippen LogP contribution >= 0.6 is 0 Å². The minimum absolute atomic E-state index is 0.303. The molecule has 0 fully saturated rings. The number of aromatic nitrogens is 1. The molecule has 90 valence electrons. The molecule has 1 aromatic carbocycles. The van der Waals surface area contributed by atoms with Gasteiger partial charge in [0.05, 0.1) is 0 Å². The van der Waals surface area contributed by atoms with Crippen molar-refractivity contribution in [2.75, 3.05) is 7.11 Å². The molecule has 0 saturated carbocycles. The summed E-state index contributed by atoms with van der Waals surface area (Å²) in [5.41, 5.74) is 0. The van der Waals surface area contributed by atoms with E-state index in [1.165, 1.54) is 16.8 Å². The zero-order valence-corrected chi connectivity index (χ0v) is 13.4. The van der Waals surface area contributed by atoms with Crippen LogP contribution in [0.1, 0.15) is 0 Å². The number of hydrogen-bond acceptors (Lipinski definition) is 2. The summed E-state index contributed by atoms with van der Waals surface area (Å²) in [6.45, 7) is 0. The van der Waals surface area contributed by atoms with Crippen LogP contribution in [-0.2, 0) is 0 Å². The minimum atomic E-state index is -2.33. The van der Waals surface area contributed by atoms with Gasteiger partial charge in [0, 0.05) is 0 Å². The van der Waals surface area contributed by atoms with E-state index in [4.69, 9.17) is 4.74 Å². The molecule has 0 spiro atoms. The molecule has 0 aliphatic carbocycles. The first-order valence-corrected chi connectivity index (χ1v) is 15.5. The number of halogens is 1. The first-order chi connectivity index (χ1) is 7.95. The van der Waals surface area contributed by atoms with Crippen molar-refractivity contribution < 1.29 is 9.13 Å². The van der Waals surface area contributed by atoms with E-state index in [9.17, 15) is 4.39 Å². The summed E-state index contributed by atoms with van der Waals surface area (Å²) in [7, 11) is 1.51. The third-order valence-electron chi connectivity index (χ3n) is 2.84. The van der Waals surface area contributed by atoms with Crippen LogP contribution < -0.4 is 8.32 Å². The van der Waals surface area contributed by atoms with Gasteiger partial charge >= 0.3 is 105 Å². The maximum atomic E-state index is 13.8. The van der Waals surface area contributed by atoms with Crippen molar-refractivity contribution in [2.45, 2.75) is 14.8 Å². The molecule has 4 heteroatoms. The number of ether oxygens (including phenoxy) is 1. The van der Waals surface area contributed by atoms with Crippen molar-refractivity contribution in [2.24, 2.45) is 0 Å². The van der Waals surface area contributed by atoms with Gasteiger partial charge in [-0.2, -0.15) is 0 Å². The zero-order valence-electron chi connectivity index (χ0n) is 10.5. The molecule has 0 N–H and O–H groups in total. The van der Waals surface area contributed by atoms with Crippen LogP contribution in [0.2, 0.25) is 14.8 Å². The second-order valence-electron chi connectivity index (χ2n) is 5.12. The summed E-state index contributed by atoms with van der Waals surface area (Å²) in [4.78, 5) is 11.1. The third-order valence-corrected chi connectivity index (χ3v) is 8.53. The maximum absolute atomic E-state index is 13.8. The summed E-state index contributed by atoms with van der Waals surface area (Å²) < 4.78 is 20.2.